The first kappa shape index (κ1) is 13.4. The molecule has 100 valence electrons. The first-order valence-electron chi connectivity index (χ1n) is 5.98. The number of halogens is 1. The summed E-state index contributed by atoms with van der Waals surface area (Å²) in [6, 6.07) is 11.4. The molecular weight excluding hydrogens is 245 g/mol. The fourth-order valence-electron chi connectivity index (χ4n) is 1.70. The molecule has 0 amide bonds. The number of nitrogens with two attached hydrogens (primary N) is 1. The molecule has 2 rings (SSSR count). The van der Waals surface area contributed by atoms with E-state index in [4.69, 9.17) is 10.5 Å². The Hall–Kier alpha value is -2.07. The number of aliphatic hydroxyl groups is 1. The van der Waals surface area contributed by atoms with E-state index in [2.05, 4.69) is 0 Å². The quantitative estimate of drug-likeness (QED) is 0.832. The van der Waals surface area contributed by atoms with Crippen molar-refractivity contribution in [3.05, 3.63) is 59.4 Å². The molecule has 0 saturated carbocycles. The Labute approximate surface area is 111 Å². The summed E-state index contributed by atoms with van der Waals surface area (Å²) in [5.41, 5.74) is 7.46. The van der Waals surface area contributed by atoms with E-state index in [9.17, 15) is 9.50 Å². The molecule has 19 heavy (non-hydrogen) atoms. The van der Waals surface area contributed by atoms with Crippen molar-refractivity contribution in [2.45, 2.75) is 13.0 Å². The van der Waals surface area contributed by atoms with Crippen LogP contribution < -0.4 is 10.5 Å². The predicted octanol–water partition coefficient (Wildman–Crippen LogP) is 2.83. The fourth-order valence-corrected chi connectivity index (χ4v) is 1.70. The molecule has 0 saturated heterocycles. The largest absolute Gasteiger partial charge is 0.491 e. The third kappa shape index (κ3) is 3.45. The van der Waals surface area contributed by atoms with Gasteiger partial charge in [0.2, 0.25) is 0 Å². The highest BCUT2D eigenvalue weighted by Gasteiger charge is 2.08. The maximum absolute atomic E-state index is 13.1. The van der Waals surface area contributed by atoms with Crippen LogP contribution >= 0.6 is 0 Å². The summed E-state index contributed by atoms with van der Waals surface area (Å²) in [6.07, 6.45) is -0.744. The van der Waals surface area contributed by atoms with Crippen LogP contribution in [0.5, 0.6) is 5.75 Å². The van der Waals surface area contributed by atoms with Crippen LogP contribution in [0, 0.1) is 12.7 Å². The number of benzene rings is 2. The summed E-state index contributed by atoms with van der Waals surface area (Å²) in [6.45, 7) is 1.77. The van der Waals surface area contributed by atoms with E-state index in [1.807, 2.05) is 0 Å². The lowest BCUT2D eigenvalue weighted by Gasteiger charge is -2.13. The van der Waals surface area contributed by atoms with Crippen LogP contribution in [-0.2, 0) is 0 Å². The lowest BCUT2D eigenvalue weighted by molar-refractivity contribution is 0.108. The molecule has 3 N–H and O–H groups in total. The zero-order valence-corrected chi connectivity index (χ0v) is 10.6. The van der Waals surface area contributed by atoms with Crippen LogP contribution in [0.2, 0.25) is 0 Å². The number of nitrogen functional groups attached to an aromatic ring is 1. The highest BCUT2D eigenvalue weighted by atomic mass is 19.1. The van der Waals surface area contributed by atoms with E-state index in [0.29, 0.717) is 17.0 Å². The highest BCUT2D eigenvalue weighted by molar-refractivity contribution is 5.40. The Morgan fingerprint density at radius 1 is 1.21 bits per heavy atom. The smallest absolute Gasteiger partial charge is 0.126 e. The second kappa shape index (κ2) is 5.71. The van der Waals surface area contributed by atoms with Crippen molar-refractivity contribution in [3.63, 3.8) is 0 Å². The molecule has 0 aromatic heterocycles. The second-order valence-electron chi connectivity index (χ2n) is 4.40. The minimum Gasteiger partial charge on any atom is -0.491 e. The molecule has 4 heteroatoms. The molecule has 0 fully saturated rings. The van der Waals surface area contributed by atoms with Gasteiger partial charge in [-0.25, -0.2) is 4.39 Å². The van der Waals surface area contributed by atoms with Crippen molar-refractivity contribution >= 4 is 5.69 Å². The Kier molecular flexibility index (Phi) is 4.02. The first-order valence-corrected chi connectivity index (χ1v) is 5.98. The van der Waals surface area contributed by atoms with Crippen LogP contribution in [0.25, 0.3) is 0 Å². The molecule has 2 aromatic rings. The zero-order valence-electron chi connectivity index (χ0n) is 10.6. The van der Waals surface area contributed by atoms with Crippen molar-refractivity contribution in [3.8, 4) is 5.75 Å². The average molecular weight is 261 g/mol. The molecule has 0 bridgehead atoms. The van der Waals surface area contributed by atoms with Crippen LogP contribution in [0.1, 0.15) is 17.2 Å². The van der Waals surface area contributed by atoms with Crippen LogP contribution in [0.3, 0.4) is 0 Å². The molecule has 3 nitrogen and oxygen atoms in total. The monoisotopic (exact) mass is 261 g/mol. The van der Waals surface area contributed by atoms with Crippen LogP contribution in [0.15, 0.2) is 42.5 Å². The molecular formula is C15H16FNO2. The Morgan fingerprint density at radius 3 is 2.53 bits per heavy atom. The van der Waals surface area contributed by atoms with Crippen LogP contribution in [0.4, 0.5) is 10.1 Å². The van der Waals surface area contributed by atoms with Gasteiger partial charge in [-0.15, -0.1) is 0 Å². The first-order chi connectivity index (χ1) is 9.06. The van der Waals surface area contributed by atoms with E-state index < -0.39 is 6.10 Å². The molecule has 0 aliphatic carbocycles. The average Bonchev–Trinajstić information content (AvgIpc) is 2.40. The van der Waals surface area contributed by atoms with Crippen molar-refractivity contribution in [1.82, 2.24) is 0 Å². The van der Waals surface area contributed by atoms with Crippen molar-refractivity contribution < 1.29 is 14.2 Å². The zero-order chi connectivity index (χ0) is 13.8. The normalized spacial score (nSPS) is 12.2. The summed E-state index contributed by atoms with van der Waals surface area (Å²) in [5.74, 6) is 0.264. The van der Waals surface area contributed by atoms with Crippen molar-refractivity contribution in [2.75, 3.05) is 12.3 Å². The molecule has 0 radical (unpaired) electrons. The van der Waals surface area contributed by atoms with Gasteiger partial charge in [0.25, 0.3) is 0 Å². The van der Waals surface area contributed by atoms with E-state index in [1.165, 1.54) is 12.1 Å². The molecule has 0 heterocycles. The standard InChI is InChI=1S/C15H16FNO2/c1-10-8-13(6-7-14(10)16)19-9-15(18)11-2-4-12(17)5-3-11/h2-8,15,18H,9,17H2,1H3. The lowest BCUT2D eigenvalue weighted by atomic mass is 10.1. The maximum atomic E-state index is 13.1. The molecule has 0 aliphatic heterocycles. The van der Waals surface area contributed by atoms with E-state index in [1.54, 1.807) is 37.3 Å². The fraction of sp³-hybridized carbons (Fsp3) is 0.200. The predicted molar refractivity (Wildman–Crippen MR) is 72.4 cm³/mol. The highest BCUT2D eigenvalue weighted by Crippen LogP contribution is 2.19. The minimum absolute atomic E-state index is 0.106. The summed E-state index contributed by atoms with van der Waals surface area (Å²) < 4.78 is 18.5. The Bertz CT molecular complexity index is 555. The number of aryl methyl sites for hydroxylation is 1. The number of hydrogen-bond acceptors (Lipinski definition) is 3. The number of rotatable bonds is 4. The minimum atomic E-state index is -0.744. The molecule has 2 aromatic carbocycles. The molecule has 1 atom stereocenters. The van der Waals surface area contributed by atoms with Gasteiger partial charge in [0.1, 0.15) is 24.3 Å². The number of anilines is 1. The van der Waals surface area contributed by atoms with Crippen molar-refractivity contribution in [1.29, 1.82) is 0 Å². The van der Waals surface area contributed by atoms with Gasteiger partial charge < -0.3 is 15.6 Å². The van der Waals surface area contributed by atoms with E-state index in [0.717, 1.165) is 5.56 Å². The Balaban J connectivity index is 1.98. The Morgan fingerprint density at radius 2 is 1.89 bits per heavy atom. The van der Waals surface area contributed by atoms with E-state index >= 15 is 0 Å². The summed E-state index contributed by atoms with van der Waals surface area (Å²) >= 11 is 0. The number of ether oxygens (including phenoxy) is 1. The van der Waals surface area contributed by atoms with Gasteiger partial charge in [-0.1, -0.05) is 12.1 Å². The molecule has 0 aliphatic rings. The molecule has 1 unspecified atom stereocenters. The summed E-state index contributed by atoms with van der Waals surface area (Å²) in [7, 11) is 0. The van der Waals surface area contributed by atoms with Gasteiger partial charge >= 0.3 is 0 Å². The van der Waals surface area contributed by atoms with Crippen LogP contribution in [-0.4, -0.2) is 11.7 Å². The summed E-state index contributed by atoms with van der Waals surface area (Å²) in [4.78, 5) is 0. The van der Waals surface area contributed by atoms with Gasteiger partial charge in [-0.3, -0.25) is 0 Å². The van der Waals surface area contributed by atoms with Gasteiger partial charge in [0.05, 0.1) is 0 Å². The SMILES string of the molecule is Cc1cc(OCC(O)c2ccc(N)cc2)ccc1F. The van der Waals surface area contributed by atoms with Gasteiger partial charge in [-0.05, 0) is 48.4 Å². The lowest BCUT2D eigenvalue weighted by Crippen LogP contribution is -2.09. The molecule has 0 spiro atoms. The van der Waals surface area contributed by atoms with Gasteiger partial charge in [-0.2, -0.15) is 0 Å². The third-order valence-electron chi connectivity index (χ3n) is 2.86. The number of aliphatic hydroxyl groups excluding tert-OH is 1. The third-order valence-corrected chi connectivity index (χ3v) is 2.86. The second-order valence-corrected chi connectivity index (χ2v) is 4.40. The van der Waals surface area contributed by atoms with Gasteiger partial charge in [0.15, 0.2) is 0 Å². The maximum Gasteiger partial charge on any atom is 0.126 e. The van der Waals surface area contributed by atoms with Crippen molar-refractivity contribution in [2.24, 2.45) is 0 Å². The van der Waals surface area contributed by atoms with E-state index in [-0.39, 0.29) is 12.4 Å². The summed E-state index contributed by atoms with van der Waals surface area (Å²) in [5, 5.41) is 9.96. The topological polar surface area (TPSA) is 55.5 Å². The number of hydrogen-bond donors (Lipinski definition) is 2. The van der Waals surface area contributed by atoms with Gasteiger partial charge in [0, 0.05) is 5.69 Å².